The second kappa shape index (κ2) is 10.9. The van der Waals surface area contributed by atoms with Gasteiger partial charge in [-0.05, 0) is 51.3 Å². The van der Waals surface area contributed by atoms with Crippen LogP contribution in [0.15, 0.2) is 42.7 Å². The van der Waals surface area contributed by atoms with E-state index in [2.05, 4.69) is 39.7 Å². The summed E-state index contributed by atoms with van der Waals surface area (Å²) in [6.07, 6.45) is 9.96. The van der Waals surface area contributed by atoms with Crippen LogP contribution < -0.4 is 10.6 Å². The molecule has 0 saturated carbocycles. The quantitative estimate of drug-likeness (QED) is 0.653. The van der Waals surface area contributed by atoms with E-state index in [4.69, 9.17) is 0 Å². The van der Waals surface area contributed by atoms with E-state index >= 15 is 0 Å². The Bertz CT molecular complexity index is 715. The van der Waals surface area contributed by atoms with Crippen molar-refractivity contribution in [1.82, 2.24) is 25.3 Å². The Balaban J connectivity index is 1.27. The number of carbonyl (C=O) groups excluding carboxylic acids is 1. The number of nitrogens with one attached hydrogen (secondary N) is 2. The van der Waals surface area contributed by atoms with E-state index in [1.807, 2.05) is 35.3 Å². The monoisotopic (exact) mass is 383 g/mol. The summed E-state index contributed by atoms with van der Waals surface area (Å²) in [5.74, 6) is 0. The van der Waals surface area contributed by atoms with E-state index in [0.29, 0.717) is 12.6 Å². The number of carbonyl (C=O) groups is 1. The van der Waals surface area contributed by atoms with Gasteiger partial charge in [-0.2, -0.15) is 5.10 Å². The van der Waals surface area contributed by atoms with E-state index in [9.17, 15) is 4.79 Å². The fourth-order valence-corrected chi connectivity index (χ4v) is 3.73. The first-order valence-corrected chi connectivity index (χ1v) is 10.5. The van der Waals surface area contributed by atoms with Gasteiger partial charge in [-0.1, -0.05) is 36.8 Å². The molecule has 1 aromatic heterocycles. The normalized spacial score (nSPS) is 17.4. The molecule has 3 rings (SSSR count). The average molecular weight is 384 g/mol. The van der Waals surface area contributed by atoms with Gasteiger partial charge in [0, 0.05) is 30.9 Å². The van der Waals surface area contributed by atoms with Crippen molar-refractivity contribution in [2.24, 2.45) is 0 Å². The molecule has 0 bridgehead atoms. The lowest BCUT2D eigenvalue weighted by molar-refractivity contribution is 0.158. The van der Waals surface area contributed by atoms with Gasteiger partial charge < -0.3 is 15.5 Å². The minimum Gasteiger partial charge on any atom is -0.338 e. The van der Waals surface area contributed by atoms with Crippen molar-refractivity contribution in [2.75, 3.05) is 19.6 Å². The summed E-state index contributed by atoms with van der Waals surface area (Å²) < 4.78 is 1.89. The van der Waals surface area contributed by atoms with Gasteiger partial charge in [0.2, 0.25) is 0 Å². The predicted octanol–water partition coefficient (Wildman–Crippen LogP) is 3.39. The molecule has 1 saturated heterocycles. The Morgan fingerprint density at radius 3 is 2.82 bits per heavy atom. The number of hydrogen-bond acceptors (Lipinski definition) is 3. The van der Waals surface area contributed by atoms with Crippen molar-refractivity contribution in [1.29, 1.82) is 0 Å². The molecule has 1 fully saturated rings. The lowest BCUT2D eigenvalue weighted by atomic mass is 10.0. The average Bonchev–Trinajstić information content (AvgIpc) is 3.15. The molecule has 0 radical (unpaired) electrons. The van der Waals surface area contributed by atoms with Gasteiger partial charge >= 0.3 is 6.03 Å². The van der Waals surface area contributed by atoms with E-state index in [1.165, 1.54) is 31.4 Å². The number of amides is 2. The van der Waals surface area contributed by atoms with Gasteiger partial charge in [-0.25, -0.2) is 4.79 Å². The fraction of sp³-hybridized carbons (Fsp3) is 0.545. The molecule has 6 nitrogen and oxygen atoms in total. The number of rotatable bonds is 9. The summed E-state index contributed by atoms with van der Waals surface area (Å²) in [4.78, 5) is 14.6. The van der Waals surface area contributed by atoms with Crippen LogP contribution in [-0.4, -0.2) is 46.4 Å². The van der Waals surface area contributed by atoms with Crippen LogP contribution in [0.2, 0.25) is 0 Å². The largest absolute Gasteiger partial charge is 0.338 e. The van der Waals surface area contributed by atoms with Crippen LogP contribution in [0.3, 0.4) is 0 Å². The Labute approximate surface area is 168 Å². The highest BCUT2D eigenvalue weighted by atomic mass is 16.2. The van der Waals surface area contributed by atoms with Crippen LogP contribution in [0.25, 0.3) is 0 Å². The van der Waals surface area contributed by atoms with Crippen molar-refractivity contribution in [2.45, 2.75) is 58.2 Å². The zero-order valence-corrected chi connectivity index (χ0v) is 16.9. The minimum absolute atomic E-state index is 0.109. The molecule has 2 aromatic rings. The molecule has 152 valence electrons. The second-order valence-electron chi connectivity index (χ2n) is 7.73. The Kier molecular flexibility index (Phi) is 7.91. The van der Waals surface area contributed by atoms with Gasteiger partial charge in [0.1, 0.15) is 0 Å². The van der Waals surface area contributed by atoms with E-state index in [-0.39, 0.29) is 6.03 Å². The molecule has 2 N–H and O–H groups in total. The van der Waals surface area contributed by atoms with Crippen molar-refractivity contribution in [3.63, 3.8) is 0 Å². The van der Waals surface area contributed by atoms with Gasteiger partial charge in [0.15, 0.2) is 0 Å². The molecule has 1 aliphatic heterocycles. The van der Waals surface area contributed by atoms with E-state index < -0.39 is 0 Å². The third-order valence-electron chi connectivity index (χ3n) is 5.43. The highest BCUT2D eigenvalue weighted by molar-refractivity contribution is 5.73. The second-order valence-corrected chi connectivity index (χ2v) is 7.73. The van der Waals surface area contributed by atoms with Gasteiger partial charge in [-0.15, -0.1) is 0 Å². The molecule has 1 atom stereocenters. The number of unbranched alkanes of at least 4 members (excludes halogenated alkanes) is 1. The molecule has 1 unspecified atom stereocenters. The van der Waals surface area contributed by atoms with Gasteiger partial charge in [0.05, 0.1) is 12.7 Å². The fourth-order valence-electron chi connectivity index (χ4n) is 3.73. The first kappa shape index (κ1) is 20.4. The molecule has 1 aliphatic rings. The van der Waals surface area contributed by atoms with Crippen molar-refractivity contribution in [3.8, 4) is 0 Å². The van der Waals surface area contributed by atoms with E-state index in [1.54, 1.807) is 0 Å². The minimum atomic E-state index is -0.109. The maximum absolute atomic E-state index is 12.0. The van der Waals surface area contributed by atoms with Crippen molar-refractivity contribution < 1.29 is 4.79 Å². The zero-order valence-electron chi connectivity index (χ0n) is 16.9. The molecule has 1 aromatic carbocycles. The number of hydrogen-bond donors (Lipinski definition) is 2. The Hall–Kier alpha value is -2.34. The molecule has 0 aliphatic carbocycles. The lowest BCUT2D eigenvalue weighted by Gasteiger charge is -2.33. The van der Waals surface area contributed by atoms with Gasteiger partial charge in [0.25, 0.3) is 0 Å². The molecular weight excluding hydrogens is 350 g/mol. The summed E-state index contributed by atoms with van der Waals surface area (Å²) in [6, 6.07) is 10.8. The van der Waals surface area contributed by atoms with Crippen LogP contribution in [0.4, 0.5) is 4.79 Å². The number of likely N-dealkylation sites (tertiary alicyclic amines) is 1. The van der Waals surface area contributed by atoms with Crippen LogP contribution in [0.5, 0.6) is 0 Å². The summed E-state index contributed by atoms with van der Waals surface area (Å²) in [5.41, 5.74) is 2.21. The molecular formula is C22H33N5O. The number of urea groups is 1. The molecule has 2 amide bonds. The molecule has 28 heavy (non-hydrogen) atoms. The Morgan fingerprint density at radius 2 is 2.00 bits per heavy atom. The summed E-state index contributed by atoms with van der Waals surface area (Å²) in [5, 5.41) is 10.2. The molecule has 6 heteroatoms. The van der Waals surface area contributed by atoms with Crippen LogP contribution >= 0.6 is 0 Å². The zero-order chi connectivity index (χ0) is 19.6. The van der Waals surface area contributed by atoms with Crippen LogP contribution in [0, 0.1) is 0 Å². The lowest BCUT2D eigenvalue weighted by Crippen LogP contribution is -2.38. The van der Waals surface area contributed by atoms with Crippen LogP contribution in [0.1, 0.15) is 50.2 Å². The van der Waals surface area contributed by atoms with Gasteiger partial charge in [-0.3, -0.25) is 4.68 Å². The standard InChI is InChI=1S/C22H33N5O/c1-19-9-5-7-13-26(19)14-8-6-12-23-22(28)24-15-21-16-25-27(18-21)17-20-10-3-2-4-11-20/h2-4,10-11,16,18-19H,5-9,12-15,17H2,1H3,(H2,23,24,28). The van der Waals surface area contributed by atoms with E-state index in [0.717, 1.165) is 38.0 Å². The van der Waals surface area contributed by atoms with Crippen LogP contribution in [-0.2, 0) is 13.1 Å². The highest BCUT2D eigenvalue weighted by Crippen LogP contribution is 2.16. The SMILES string of the molecule is CC1CCCCN1CCCCNC(=O)NCc1cnn(Cc2ccccc2)c1. The summed E-state index contributed by atoms with van der Waals surface area (Å²) >= 11 is 0. The smallest absolute Gasteiger partial charge is 0.315 e. The highest BCUT2D eigenvalue weighted by Gasteiger charge is 2.17. The number of piperidine rings is 1. The molecule has 2 heterocycles. The van der Waals surface area contributed by atoms with Crippen molar-refractivity contribution in [3.05, 3.63) is 53.9 Å². The third-order valence-corrected chi connectivity index (χ3v) is 5.43. The molecule has 0 spiro atoms. The maximum Gasteiger partial charge on any atom is 0.315 e. The number of nitrogens with zero attached hydrogens (tertiary/aromatic N) is 3. The summed E-state index contributed by atoms with van der Waals surface area (Å²) in [7, 11) is 0. The number of benzene rings is 1. The predicted molar refractivity (Wildman–Crippen MR) is 112 cm³/mol. The maximum atomic E-state index is 12.0. The first-order valence-electron chi connectivity index (χ1n) is 10.5. The number of aromatic nitrogens is 2. The first-order chi connectivity index (χ1) is 13.7. The third kappa shape index (κ3) is 6.68. The van der Waals surface area contributed by atoms with Crippen molar-refractivity contribution >= 4 is 6.03 Å². The topological polar surface area (TPSA) is 62.2 Å². The summed E-state index contributed by atoms with van der Waals surface area (Å²) in [6.45, 7) is 6.65. The Morgan fingerprint density at radius 1 is 1.14 bits per heavy atom.